The quantitative estimate of drug-likeness (QED) is 0.217. The molecule has 14 nitrogen and oxygen atoms in total. The second kappa shape index (κ2) is 15.5. The Bertz CT molecular complexity index is 1660. The Morgan fingerprint density at radius 2 is 1.76 bits per heavy atom. The maximum absolute atomic E-state index is 14.6. The van der Waals surface area contributed by atoms with Gasteiger partial charge in [0.25, 0.3) is 0 Å². The zero-order valence-corrected chi connectivity index (χ0v) is 29.7. The average Bonchev–Trinajstić information content (AvgIpc) is 3.67. The van der Waals surface area contributed by atoms with Crippen molar-refractivity contribution in [3.63, 3.8) is 0 Å². The van der Waals surface area contributed by atoms with Gasteiger partial charge in [0, 0.05) is 25.6 Å². The summed E-state index contributed by atoms with van der Waals surface area (Å²) in [6, 6.07) is 12.1. The number of rotatable bonds is 16. The highest BCUT2D eigenvalue weighted by Gasteiger charge is 2.49. The van der Waals surface area contributed by atoms with E-state index >= 15 is 0 Å². The zero-order valence-electron chi connectivity index (χ0n) is 28.1. The van der Waals surface area contributed by atoms with Crippen LogP contribution in [0.4, 0.5) is 4.79 Å². The molecule has 3 aliphatic rings. The number of hydrogen-bond acceptors (Lipinski definition) is 10. The van der Waals surface area contributed by atoms with Crippen LogP contribution in [0.25, 0.3) is 0 Å². The fourth-order valence-corrected chi connectivity index (χ4v) is 9.19. The number of hydrogen-bond donors (Lipinski definition) is 3. The number of carbonyl (C=O) groups is 1. The highest BCUT2D eigenvalue weighted by molar-refractivity contribution is 7.89. The predicted molar refractivity (Wildman–Crippen MR) is 179 cm³/mol. The Labute approximate surface area is 288 Å². The van der Waals surface area contributed by atoms with E-state index < -0.39 is 62.6 Å². The largest absolute Gasteiger partial charge is 0.486 e. The maximum Gasteiger partial charge on any atom is 0.407 e. The van der Waals surface area contributed by atoms with Gasteiger partial charge in [0.2, 0.25) is 20.0 Å². The summed E-state index contributed by atoms with van der Waals surface area (Å²) >= 11 is 0. The van der Waals surface area contributed by atoms with E-state index in [1.54, 1.807) is 12.1 Å². The van der Waals surface area contributed by atoms with Crippen LogP contribution in [0.15, 0.2) is 53.4 Å². The van der Waals surface area contributed by atoms with Crippen LogP contribution < -0.4 is 14.2 Å². The van der Waals surface area contributed by atoms with Crippen LogP contribution in [0.5, 0.6) is 11.5 Å². The second-order valence-corrected chi connectivity index (χ2v) is 17.4. The fourth-order valence-electron chi connectivity index (χ4n) is 6.88. The van der Waals surface area contributed by atoms with Crippen LogP contribution >= 0.6 is 0 Å². The third kappa shape index (κ3) is 9.22. The van der Waals surface area contributed by atoms with Crippen LogP contribution in [0.3, 0.4) is 0 Å². The van der Waals surface area contributed by atoms with Crippen molar-refractivity contribution in [1.29, 1.82) is 0 Å². The molecule has 1 amide bonds. The summed E-state index contributed by atoms with van der Waals surface area (Å²) in [6.45, 7) is 4.34. The maximum atomic E-state index is 14.6. The van der Waals surface area contributed by atoms with Crippen molar-refractivity contribution in [2.24, 2.45) is 11.3 Å². The normalized spacial score (nSPS) is 22.1. The van der Waals surface area contributed by atoms with Gasteiger partial charge in [-0.1, -0.05) is 50.2 Å². The molecule has 2 aromatic carbocycles. The molecule has 0 spiro atoms. The fraction of sp³-hybridized carbons (Fsp3) is 0.606. The molecule has 0 radical (unpaired) electrons. The Kier molecular flexibility index (Phi) is 11.8. The van der Waals surface area contributed by atoms with Crippen molar-refractivity contribution >= 4 is 26.1 Å². The van der Waals surface area contributed by atoms with E-state index in [0.29, 0.717) is 25.9 Å². The number of aliphatic hydroxyl groups is 1. The third-order valence-corrected chi connectivity index (χ3v) is 11.8. The molecule has 3 aliphatic heterocycles. The number of carboxylic acid groups (broad SMARTS) is 1. The van der Waals surface area contributed by atoms with Crippen molar-refractivity contribution in [2.75, 3.05) is 52.3 Å². The second-order valence-electron chi connectivity index (χ2n) is 13.6. The molecule has 0 unspecified atom stereocenters. The van der Waals surface area contributed by atoms with E-state index in [0.717, 1.165) is 11.8 Å². The number of amides is 1. The Morgan fingerprint density at radius 3 is 2.47 bits per heavy atom. The zero-order chi connectivity index (χ0) is 35.4. The van der Waals surface area contributed by atoms with Gasteiger partial charge < -0.3 is 29.2 Å². The van der Waals surface area contributed by atoms with Gasteiger partial charge in [-0.2, -0.15) is 4.31 Å². The monoisotopic (exact) mass is 725 g/mol. The number of nitrogens with one attached hydrogen (secondary N) is 1. The number of ether oxygens (including phenoxy) is 4. The molecule has 272 valence electrons. The molecular formula is C33H47N3O11S2. The van der Waals surface area contributed by atoms with Crippen LogP contribution in [0, 0.1) is 11.3 Å². The first-order chi connectivity index (χ1) is 23.2. The first-order valence-corrected chi connectivity index (χ1v) is 19.8. The number of nitrogens with zero attached hydrogens (tertiary/aromatic N) is 2. The number of fused-ring (bicyclic) bond motifs is 2. The minimum Gasteiger partial charge on any atom is -0.486 e. The van der Waals surface area contributed by atoms with Crippen molar-refractivity contribution < 1.29 is 50.8 Å². The highest BCUT2D eigenvalue weighted by atomic mass is 32.2. The third-order valence-electron chi connectivity index (χ3n) is 9.21. The van der Waals surface area contributed by atoms with E-state index in [1.165, 1.54) is 15.3 Å². The minimum atomic E-state index is -4.36. The molecule has 2 fully saturated rings. The van der Waals surface area contributed by atoms with Gasteiger partial charge in [0.15, 0.2) is 17.8 Å². The van der Waals surface area contributed by atoms with E-state index in [1.807, 2.05) is 44.2 Å². The van der Waals surface area contributed by atoms with Gasteiger partial charge in [-0.05, 0) is 48.8 Å². The molecule has 16 heteroatoms. The van der Waals surface area contributed by atoms with Gasteiger partial charge in [-0.3, -0.25) is 4.90 Å². The molecule has 2 aromatic rings. The first kappa shape index (κ1) is 37.3. The minimum absolute atomic E-state index is 0.0635. The molecular weight excluding hydrogens is 679 g/mol. The lowest BCUT2D eigenvalue weighted by molar-refractivity contribution is -0.0906. The van der Waals surface area contributed by atoms with Crippen LogP contribution in [0.1, 0.15) is 38.7 Å². The lowest BCUT2D eigenvalue weighted by Crippen LogP contribution is -2.58. The standard InChI is InChI=1S/C33H47N3O11S2/c1-33(2,14-8-15-34-48(3,40)41)22-35(49(42,43)29-12-7-11-28-30(29)45-18-17-44-28)20-27(37)25(19-23-9-5-4-6-10-23)36(32(38)39)26-21-47-31-24(26)13-16-46-31/h4-7,9-12,24-27,31,34,37H,8,13-22H2,1-3H3,(H,38,39)/t24-,25-,26-,27+,31+/m0/s1. The summed E-state index contributed by atoms with van der Waals surface area (Å²) in [5.74, 6) is 0.133. The smallest absolute Gasteiger partial charge is 0.407 e. The molecule has 0 bridgehead atoms. The topological polar surface area (TPSA) is 181 Å². The summed E-state index contributed by atoms with van der Waals surface area (Å²) in [5, 5.41) is 22.7. The number of benzene rings is 2. The molecule has 3 heterocycles. The summed E-state index contributed by atoms with van der Waals surface area (Å²) in [5.41, 5.74) is 0.0829. The first-order valence-electron chi connectivity index (χ1n) is 16.5. The predicted octanol–water partition coefficient (Wildman–Crippen LogP) is 2.52. The van der Waals surface area contributed by atoms with Crippen LogP contribution in [-0.4, -0.2) is 119 Å². The molecule has 0 aromatic heterocycles. The lowest BCUT2D eigenvalue weighted by atomic mass is 9.87. The summed E-state index contributed by atoms with van der Waals surface area (Å²) in [6.07, 6.45) is -0.589. The lowest BCUT2D eigenvalue weighted by Gasteiger charge is -2.40. The van der Waals surface area contributed by atoms with E-state index in [9.17, 15) is 31.8 Å². The molecule has 0 saturated carbocycles. The van der Waals surface area contributed by atoms with Crippen molar-refractivity contribution in [3.05, 3.63) is 54.1 Å². The number of sulfonamides is 2. The number of aliphatic hydroxyl groups excluding tert-OH is 1. The van der Waals surface area contributed by atoms with E-state index in [-0.39, 0.29) is 61.6 Å². The summed E-state index contributed by atoms with van der Waals surface area (Å²) in [4.78, 5) is 14.1. The average molecular weight is 726 g/mol. The molecule has 3 N–H and O–H groups in total. The van der Waals surface area contributed by atoms with Crippen molar-refractivity contribution in [1.82, 2.24) is 13.9 Å². The Balaban J connectivity index is 1.49. The Hall–Kier alpha value is -2.99. The summed E-state index contributed by atoms with van der Waals surface area (Å²) in [7, 11) is -7.76. The van der Waals surface area contributed by atoms with Gasteiger partial charge in [0.05, 0.1) is 37.7 Å². The van der Waals surface area contributed by atoms with E-state index in [2.05, 4.69) is 4.72 Å². The molecule has 2 saturated heterocycles. The van der Waals surface area contributed by atoms with Crippen molar-refractivity contribution in [2.45, 2.75) is 68.9 Å². The van der Waals surface area contributed by atoms with Crippen molar-refractivity contribution in [3.8, 4) is 11.5 Å². The molecule has 5 rings (SSSR count). The molecule has 5 atom stereocenters. The highest BCUT2D eigenvalue weighted by Crippen LogP contribution is 2.40. The van der Waals surface area contributed by atoms with Gasteiger partial charge in [0.1, 0.15) is 18.1 Å². The summed E-state index contributed by atoms with van der Waals surface area (Å²) < 4.78 is 78.9. The van der Waals surface area contributed by atoms with Gasteiger partial charge >= 0.3 is 6.09 Å². The molecule has 0 aliphatic carbocycles. The van der Waals surface area contributed by atoms with Gasteiger partial charge in [-0.25, -0.2) is 26.4 Å². The molecule has 49 heavy (non-hydrogen) atoms. The van der Waals surface area contributed by atoms with Gasteiger partial charge in [-0.15, -0.1) is 0 Å². The SMILES string of the molecule is CC(C)(CCCNS(C)(=O)=O)CN(C[C@@H](O)[C@H](Cc1ccccc1)N(C(=O)O)[C@H]1CO[C@H]2OCC[C@H]21)S(=O)(=O)c1cccc2c1OCCO2. The van der Waals surface area contributed by atoms with Crippen LogP contribution in [-0.2, 0) is 35.9 Å². The number of para-hydroxylation sites is 1. The Morgan fingerprint density at radius 1 is 1.02 bits per heavy atom. The van der Waals surface area contributed by atoms with Crippen LogP contribution in [0.2, 0.25) is 0 Å². The van der Waals surface area contributed by atoms with E-state index in [4.69, 9.17) is 18.9 Å².